The molecule has 0 aliphatic heterocycles. The molecule has 0 spiro atoms. The average molecular weight is 228 g/mol. The normalized spacial score (nSPS) is 10.3. The molecule has 0 radical (unpaired) electrons. The van der Waals surface area contributed by atoms with Gasteiger partial charge in [0, 0.05) is 17.5 Å². The molecule has 0 N–H and O–H groups in total. The largest absolute Gasteiger partial charge is 0.272 e. The summed E-state index contributed by atoms with van der Waals surface area (Å²) in [5.74, 6) is 0.534. The number of benzene rings is 1. The van der Waals surface area contributed by atoms with Crippen LogP contribution in [0.3, 0.4) is 0 Å². The molecule has 15 heavy (non-hydrogen) atoms. The van der Waals surface area contributed by atoms with Gasteiger partial charge in [0.15, 0.2) is 0 Å². The maximum atomic E-state index is 10.8. The van der Waals surface area contributed by atoms with Crippen LogP contribution in [0.4, 0.5) is 5.69 Å². The van der Waals surface area contributed by atoms with Crippen molar-refractivity contribution in [2.24, 2.45) is 0 Å². The van der Waals surface area contributed by atoms with Crippen LogP contribution < -0.4 is 0 Å². The molecular formula is C11H14ClNO2. The summed E-state index contributed by atoms with van der Waals surface area (Å²) in [6, 6.07) is 5.43. The number of halogens is 1. The fourth-order valence-corrected chi connectivity index (χ4v) is 1.60. The predicted octanol–water partition coefficient (Wildman–Crippen LogP) is 3.33. The van der Waals surface area contributed by atoms with E-state index < -0.39 is 0 Å². The van der Waals surface area contributed by atoms with Crippen LogP contribution >= 0.6 is 11.6 Å². The molecule has 0 amide bonds. The first-order chi connectivity index (χ1) is 7.19. The Morgan fingerprint density at radius 3 is 2.73 bits per heavy atom. The summed E-state index contributed by atoms with van der Waals surface area (Å²) < 4.78 is 0. The van der Waals surface area contributed by atoms with Crippen molar-refractivity contribution in [1.82, 2.24) is 0 Å². The summed E-state index contributed by atoms with van der Waals surface area (Å²) in [6.45, 7) is 1.98. The Morgan fingerprint density at radius 2 is 2.20 bits per heavy atom. The first-order valence-corrected chi connectivity index (χ1v) is 5.54. The number of rotatable bonds is 5. The van der Waals surface area contributed by atoms with E-state index >= 15 is 0 Å². The Hall–Kier alpha value is -1.09. The minimum absolute atomic E-state index is 0.222. The van der Waals surface area contributed by atoms with Crippen molar-refractivity contribution in [3.63, 3.8) is 0 Å². The van der Waals surface area contributed by atoms with Gasteiger partial charge in [0.2, 0.25) is 0 Å². The second kappa shape index (κ2) is 5.71. The molecule has 4 heteroatoms. The van der Waals surface area contributed by atoms with Gasteiger partial charge in [-0.05, 0) is 24.8 Å². The summed E-state index contributed by atoms with van der Waals surface area (Å²) in [7, 11) is 0. The Morgan fingerprint density at radius 1 is 1.47 bits per heavy atom. The van der Waals surface area contributed by atoms with Gasteiger partial charge in [-0.2, -0.15) is 0 Å². The molecule has 0 bridgehead atoms. The molecule has 0 heterocycles. The first kappa shape index (κ1) is 12.0. The second-order valence-corrected chi connectivity index (χ2v) is 3.74. The van der Waals surface area contributed by atoms with E-state index in [1.807, 2.05) is 19.1 Å². The molecule has 1 aromatic carbocycles. The molecule has 0 unspecified atom stereocenters. The van der Waals surface area contributed by atoms with Gasteiger partial charge >= 0.3 is 0 Å². The number of nitro benzene ring substituents is 1. The Labute approximate surface area is 94.2 Å². The first-order valence-electron chi connectivity index (χ1n) is 5.01. The topological polar surface area (TPSA) is 43.1 Å². The van der Waals surface area contributed by atoms with E-state index in [-0.39, 0.29) is 10.6 Å². The van der Waals surface area contributed by atoms with E-state index in [1.54, 1.807) is 6.07 Å². The molecule has 3 nitrogen and oxygen atoms in total. The van der Waals surface area contributed by atoms with E-state index in [9.17, 15) is 10.1 Å². The number of hydrogen-bond acceptors (Lipinski definition) is 2. The van der Waals surface area contributed by atoms with Gasteiger partial charge in [-0.25, -0.2) is 0 Å². The maximum Gasteiger partial charge on any atom is 0.272 e. The number of nitrogens with zero attached hydrogens (tertiary/aromatic N) is 1. The zero-order valence-corrected chi connectivity index (χ0v) is 9.46. The summed E-state index contributed by atoms with van der Waals surface area (Å²) in [6.07, 6.45) is 2.26. The molecule has 0 aliphatic rings. The second-order valence-electron chi connectivity index (χ2n) is 3.37. The summed E-state index contributed by atoms with van der Waals surface area (Å²) in [5, 5.41) is 10.8. The van der Waals surface area contributed by atoms with Gasteiger partial charge < -0.3 is 0 Å². The van der Waals surface area contributed by atoms with E-state index in [2.05, 4.69) is 0 Å². The highest BCUT2D eigenvalue weighted by molar-refractivity contribution is 6.17. The summed E-state index contributed by atoms with van der Waals surface area (Å²) >= 11 is 5.57. The van der Waals surface area contributed by atoms with Gasteiger partial charge in [-0.1, -0.05) is 19.1 Å². The molecular weight excluding hydrogens is 214 g/mol. The lowest BCUT2D eigenvalue weighted by atomic mass is 10.0. The Bertz CT molecular complexity index is 352. The van der Waals surface area contributed by atoms with Crippen LogP contribution in [0.2, 0.25) is 0 Å². The standard InChI is InChI=1S/C11H14ClNO2/c1-2-9-5-6-10(4-3-7-12)11(8-9)13(14)15/h5-6,8H,2-4,7H2,1H3. The average Bonchev–Trinajstić information content (AvgIpc) is 2.26. The molecule has 0 saturated carbocycles. The fraction of sp³-hybridized carbons (Fsp3) is 0.455. The molecule has 1 rings (SSSR count). The van der Waals surface area contributed by atoms with Crippen molar-refractivity contribution in [1.29, 1.82) is 0 Å². The van der Waals surface area contributed by atoms with Crippen molar-refractivity contribution in [3.8, 4) is 0 Å². The molecule has 0 atom stereocenters. The van der Waals surface area contributed by atoms with Crippen molar-refractivity contribution >= 4 is 17.3 Å². The zero-order chi connectivity index (χ0) is 11.3. The van der Waals surface area contributed by atoms with Gasteiger partial charge in [0.1, 0.15) is 0 Å². The third-order valence-corrected chi connectivity index (χ3v) is 2.60. The van der Waals surface area contributed by atoms with Gasteiger partial charge in [-0.3, -0.25) is 10.1 Å². The fourth-order valence-electron chi connectivity index (χ4n) is 1.47. The third-order valence-electron chi connectivity index (χ3n) is 2.33. The maximum absolute atomic E-state index is 10.8. The van der Waals surface area contributed by atoms with Crippen LogP contribution in [0.25, 0.3) is 0 Å². The van der Waals surface area contributed by atoms with Crippen LogP contribution in [0, 0.1) is 10.1 Å². The number of hydrogen-bond donors (Lipinski definition) is 0. The van der Waals surface area contributed by atoms with Crippen molar-refractivity contribution in [3.05, 3.63) is 39.4 Å². The lowest BCUT2D eigenvalue weighted by Crippen LogP contribution is -1.97. The lowest BCUT2D eigenvalue weighted by Gasteiger charge is -2.03. The van der Waals surface area contributed by atoms with Crippen LogP contribution in [0.1, 0.15) is 24.5 Å². The highest BCUT2D eigenvalue weighted by atomic mass is 35.5. The van der Waals surface area contributed by atoms with Gasteiger partial charge in [0.25, 0.3) is 5.69 Å². The predicted molar refractivity (Wildman–Crippen MR) is 61.5 cm³/mol. The smallest absolute Gasteiger partial charge is 0.258 e. The number of aryl methyl sites for hydroxylation is 2. The molecule has 1 aromatic rings. The van der Waals surface area contributed by atoms with Crippen molar-refractivity contribution in [2.45, 2.75) is 26.2 Å². The van der Waals surface area contributed by atoms with Crippen LogP contribution in [-0.2, 0) is 12.8 Å². The quantitative estimate of drug-likeness (QED) is 0.440. The lowest BCUT2D eigenvalue weighted by molar-refractivity contribution is -0.385. The molecule has 0 aliphatic carbocycles. The Kier molecular flexibility index (Phi) is 4.56. The minimum atomic E-state index is -0.317. The van der Waals surface area contributed by atoms with Gasteiger partial charge in [-0.15, -0.1) is 11.6 Å². The molecule has 0 fully saturated rings. The Balaban J connectivity index is 2.98. The van der Waals surface area contributed by atoms with Gasteiger partial charge in [0.05, 0.1) is 4.92 Å². The summed E-state index contributed by atoms with van der Waals surface area (Å²) in [4.78, 5) is 10.5. The molecule has 82 valence electrons. The van der Waals surface area contributed by atoms with E-state index in [0.717, 1.165) is 24.0 Å². The van der Waals surface area contributed by atoms with E-state index in [1.165, 1.54) is 0 Å². The number of alkyl halides is 1. The van der Waals surface area contributed by atoms with Crippen LogP contribution in [0.5, 0.6) is 0 Å². The van der Waals surface area contributed by atoms with E-state index in [0.29, 0.717) is 12.3 Å². The zero-order valence-electron chi connectivity index (χ0n) is 8.70. The van der Waals surface area contributed by atoms with E-state index in [4.69, 9.17) is 11.6 Å². The summed E-state index contributed by atoms with van der Waals surface area (Å²) in [5.41, 5.74) is 1.99. The minimum Gasteiger partial charge on any atom is -0.258 e. The SMILES string of the molecule is CCc1ccc(CCCCl)c([N+](=O)[O-])c1. The highest BCUT2D eigenvalue weighted by Gasteiger charge is 2.13. The van der Waals surface area contributed by atoms with Crippen molar-refractivity contribution in [2.75, 3.05) is 5.88 Å². The number of nitro groups is 1. The van der Waals surface area contributed by atoms with Crippen molar-refractivity contribution < 1.29 is 4.92 Å². The van der Waals surface area contributed by atoms with Crippen LogP contribution in [-0.4, -0.2) is 10.8 Å². The monoisotopic (exact) mass is 227 g/mol. The third kappa shape index (κ3) is 3.20. The highest BCUT2D eigenvalue weighted by Crippen LogP contribution is 2.22. The molecule has 0 saturated heterocycles. The van der Waals surface area contributed by atoms with Crippen LogP contribution in [0.15, 0.2) is 18.2 Å². The molecule has 0 aromatic heterocycles.